The Labute approximate surface area is 174 Å². The second-order valence-electron chi connectivity index (χ2n) is 6.05. The van der Waals surface area contributed by atoms with Gasteiger partial charge in [0.25, 0.3) is 5.78 Å². The van der Waals surface area contributed by atoms with Crippen molar-refractivity contribution in [2.24, 2.45) is 0 Å². The van der Waals surface area contributed by atoms with Crippen molar-refractivity contribution in [2.75, 3.05) is 4.90 Å². The predicted molar refractivity (Wildman–Crippen MR) is 110 cm³/mol. The number of halogens is 2. The molecule has 28 heavy (non-hydrogen) atoms. The lowest BCUT2D eigenvalue weighted by Crippen LogP contribution is -2.29. The Morgan fingerprint density at radius 2 is 1.82 bits per heavy atom. The lowest BCUT2D eigenvalue weighted by molar-refractivity contribution is -0.132. The number of Topliss-reactive ketones (excluding diaryl/α,β-unsaturated/α-hetero) is 1. The number of carbonyl (C=O) groups is 2. The van der Waals surface area contributed by atoms with E-state index < -0.39 is 17.7 Å². The van der Waals surface area contributed by atoms with Crippen LogP contribution in [0.2, 0.25) is 10.0 Å². The molecule has 8 heteroatoms. The zero-order valence-corrected chi connectivity index (χ0v) is 16.5. The number of rotatable bonds is 3. The van der Waals surface area contributed by atoms with Crippen LogP contribution < -0.4 is 4.90 Å². The molecule has 3 aromatic rings. The molecule has 1 amide bonds. The number of hydrogen-bond donors (Lipinski definition) is 1. The van der Waals surface area contributed by atoms with Crippen molar-refractivity contribution >= 4 is 57.1 Å². The van der Waals surface area contributed by atoms with Gasteiger partial charge in [-0.3, -0.25) is 14.5 Å². The molecular formula is C20H12Cl2N2O3S. The number of aliphatic hydroxyl groups excluding tert-OH is 1. The van der Waals surface area contributed by atoms with E-state index in [2.05, 4.69) is 4.98 Å². The lowest BCUT2D eigenvalue weighted by atomic mass is 9.95. The van der Waals surface area contributed by atoms with E-state index in [4.69, 9.17) is 23.2 Å². The maximum atomic E-state index is 12.9. The number of amides is 1. The molecule has 0 saturated carbocycles. The molecule has 1 saturated heterocycles. The summed E-state index contributed by atoms with van der Waals surface area (Å²) in [4.78, 5) is 31.2. The first-order chi connectivity index (χ1) is 13.5. The largest absolute Gasteiger partial charge is 0.507 e. The van der Waals surface area contributed by atoms with Crippen LogP contribution in [0.3, 0.4) is 0 Å². The Balaban J connectivity index is 1.95. The normalized spacial score (nSPS) is 18.6. The van der Waals surface area contributed by atoms with Crippen molar-refractivity contribution in [3.8, 4) is 0 Å². The molecule has 1 unspecified atom stereocenters. The summed E-state index contributed by atoms with van der Waals surface area (Å²) < 4.78 is 0. The average molecular weight is 431 g/mol. The quantitative estimate of drug-likeness (QED) is 0.357. The highest BCUT2D eigenvalue weighted by Crippen LogP contribution is 2.43. The van der Waals surface area contributed by atoms with Crippen LogP contribution in [0.25, 0.3) is 5.76 Å². The van der Waals surface area contributed by atoms with E-state index in [0.29, 0.717) is 26.3 Å². The van der Waals surface area contributed by atoms with Gasteiger partial charge < -0.3 is 5.11 Å². The first kappa shape index (κ1) is 18.7. The molecule has 0 radical (unpaired) electrons. The van der Waals surface area contributed by atoms with Gasteiger partial charge in [-0.15, -0.1) is 11.3 Å². The second-order valence-corrected chi connectivity index (χ2v) is 7.79. The van der Waals surface area contributed by atoms with Gasteiger partial charge in [0.1, 0.15) is 5.76 Å². The monoisotopic (exact) mass is 430 g/mol. The van der Waals surface area contributed by atoms with Crippen LogP contribution in [0.5, 0.6) is 0 Å². The minimum Gasteiger partial charge on any atom is -0.507 e. The summed E-state index contributed by atoms with van der Waals surface area (Å²) in [6.45, 7) is 0. The van der Waals surface area contributed by atoms with E-state index in [1.165, 1.54) is 16.2 Å². The van der Waals surface area contributed by atoms with Crippen molar-refractivity contribution in [1.29, 1.82) is 0 Å². The van der Waals surface area contributed by atoms with E-state index in [9.17, 15) is 14.7 Å². The van der Waals surface area contributed by atoms with Crippen molar-refractivity contribution in [3.63, 3.8) is 0 Å². The molecule has 2 heterocycles. The number of nitrogens with zero attached hydrogens (tertiary/aromatic N) is 2. The number of thiazole rings is 1. The second kappa shape index (κ2) is 7.39. The molecule has 1 fully saturated rings. The third-order valence-electron chi connectivity index (χ3n) is 4.35. The Morgan fingerprint density at radius 1 is 1.07 bits per heavy atom. The van der Waals surface area contributed by atoms with Gasteiger partial charge in [0.15, 0.2) is 5.13 Å². The molecule has 1 aliphatic heterocycles. The highest BCUT2D eigenvalue weighted by molar-refractivity contribution is 7.14. The van der Waals surface area contributed by atoms with Crippen molar-refractivity contribution in [1.82, 2.24) is 4.98 Å². The van der Waals surface area contributed by atoms with Crippen LogP contribution in [0, 0.1) is 0 Å². The molecule has 2 aromatic carbocycles. The summed E-state index contributed by atoms with van der Waals surface area (Å²) >= 11 is 13.3. The van der Waals surface area contributed by atoms with Gasteiger partial charge in [-0.05, 0) is 42.0 Å². The highest BCUT2D eigenvalue weighted by atomic mass is 35.5. The third kappa shape index (κ3) is 3.20. The summed E-state index contributed by atoms with van der Waals surface area (Å²) in [5.41, 5.74) is 0.954. The van der Waals surface area contributed by atoms with E-state index in [-0.39, 0.29) is 11.3 Å². The number of carbonyl (C=O) groups excluding carboxylic acids is 2. The van der Waals surface area contributed by atoms with Crippen LogP contribution in [0.4, 0.5) is 5.13 Å². The number of anilines is 1. The van der Waals surface area contributed by atoms with Gasteiger partial charge >= 0.3 is 5.91 Å². The molecule has 1 atom stereocenters. The Hall–Kier alpha value is -2.67. The summed E-state index contributed by atoms with van der Waals surface area (Å²) in [5.74, 6) is -1.82. The van der Waals surface area contributed by atoms with Crippen LogP contribution >= 0.6 is 34.5 Å². The van der Waals surface area contributed by atoms with E-state index in [0.717, 1.165) is 0 Å². The zero-order valence-electron chi connectivity index (χ0n) is 14.2. The minimum absolute atomic E-state index is 0.0233. The number of benzene rings is 2. The molecule has 140 valence electrons. The fourth-order valence-corrected chi connectivity index (χ4v) is 4.11. The average Bonchev–Trinajstić information content (AvgIpc) is 3.29. The number of hydrogen-bond acceptors (Lipinski definition) is 5. The molecule has 1 aromatic heterocycles. The first-order valence-electron chi connectivity index (χ1n) is 8.19. The van der Waals surface area contributed by atoms with Gasteiger partial charge in [-0.25, -0.2) is 4.98 Å². The van der Waals surface area contributed by atoms with E-state index >= 15 is 0 Å². The number of aromatic nitrogens is 1. The van der Waals surface area contributed by atoms with E-state index in [1.807, 2.05) is 0 Å². The fourth-order valence-electron chi connectivity index (χ4n) is 3.12. The van der Waals surface area contributed by atoms with Crippen LogP contribution in [-0.4, -0.2) is 21.8 Å². The summed E-state index contributed by atoms with van der Waals surface area (Å²) in [5, 5.41) is 13.9. The molecule has 5 nitrogen and oxygen atoms in total. The molecular weight excluding hydrogens is 419 g/mol. The van der Waals surface area contributed by atoms with Crippen molar-refractivity contribution in [3.05, 3.63) is 86.9 Å². The van der Waals surface area contributed by atoms with Crippen molar-refractivity contribution < 1.29 is 14.7 Å². The van der Waals surface area contributed by atoms with Gasteiger partial charge in [0.2, 0.25) is 0 Å². The topological polar surface area (TPSA) is 70.5 Å². The zero-order chi connectivity index (χ0) is 19.8. The maximum absolute atomic E-state index is 12.9. The molecule has 0 spiro atoms. The fraction of sp³-hybridized carbons (Fsp3) is 0.0500. The van der Waals surface area contributed by atoms with Crippen LogP contribution in [0.1, 0.15) is 17.2 Å². The Bertz CT molecular complexity index is 1090. The SMILES string of the molecule is O=C1C(=O)N(c2nccs2)C(c2cccc(Cl)c2)C1=C(O)c1ccc(Cl)cc1. The molecule has 4 rings (SSSR count). The molecule has 1 aliphatic rings. The Morgan fingerprint density at radius 3 is 2.46 bits per heavy atom. The van der Waals surface area contributed by atoms with E-state index in [1.54, 1.807) is 60.1 Å². The molecule has 0 bridgehead atoms. The first-order valence-corrected chi connectivity index (χ1v) is 9.83. The smallest absolute Gasteiger partial charge is 0.301 e. The van der Waals surface area contributed by atoms with Gasteiger partial charge in [-0.1, -0.05) is 35.3 Å². The lowest BCUT2D eigenvalue weighted by Gasteiger charge is -2.23. The maximum Gasteiger partial charge on any atom is 0.301 e. The van der Waals surface area contributed by atoms with Gasteiger partial charge in [-0.2, -0.15) is 0 Å². The molecule has 0 aliphatic carbocycles. The standard InChI is InChI=1S/C20H12Cl2N2O3S/c21-13-6-4-11(5-7-13)17(25)15-16(12-2-1-3-14(22)10-12)24(19(27)18(15)26)20-23-8-9-28-20/h1-10,16,25H. The van der Waals surface area contributed by atoms with Crippen LogP contribution in [-0.2, 0) is 9.59 Å². The third-order valence-corrected chi connectivity index (χ3v) is 5.61. The highest BCUT2D eigenvalue weighted by Gasteiger charge is 2.48. The van der Waals surface area contributed by atoms with Gasteiger partial charge in [0, 0.05) is 27.2 Å². The minimum atomic E-state index is -0.847. The number of ketones is 1. The summed E-state index contributed by atoms with van der Waals surface area (Å²) in [7, 11) is 0. The van der Waals surface area contributed by atoms with Crippen LogP contribution in [0.15, 0.2) is 65.7 Å². The Kier molecular flexibility index (Phi) is 4.93. The predicted octanol–water partition coefficient (Wildman–Crippen LogP) is 5.08. The van der Waals surface area contributed by atoms with Crippen molar-refractivity contribution in [2.45, 2.75) is 6.04 Å². The summed E-state index contributed by atoms with van der Waals surface area (Å²) in [6, 6.07) is 12.4. The summed E-state index contributed by atoms with van der Waals surface area (Å²) in [6.07, 6.45) is 1.55. The van der Waals surface area contributed by atoms with Gasteiger partial charge in [0.05, 0.1) is 11.6 Å². The molecule has 1 N–H and O–H groups in total. The number of aliphatic hydroxyl groups is 1.